The van der Waals surface area contributed by atoms with Crippen LogP contribution in [0.1, 0.15) is 5.56 Å². The molecule has 0 radical (unpaired) electrons. The monoisotopic (exact) mass is 349 g/mol. The Labute approximate surface area is 151 Å². The molecule has 1 N–H and O–H groups in total. The molecule has 0 bridgehead atoms. The summed E-state index contributed by atoms with van der Waals surface area (Å²) in [5.74, 6) is 1.41. The van der Waals surface area contributed by atoms with Crippen LogP contribution in [0, 0.1) is 6.92 Å². The number of anilines is 1. The number of amides is 1. The summed E-state index contributed by atoms with van der Waals surface area (Å²) in [6.07, 6.45) is 3.14. The summed E-state index contributed by atoms with van der Waals surface area (Å²) in [7, 11) is 1.56. The fraction of sp³-hybridized carbons (Fsp3) is 0.150. The molecule has 3 rings (SSSR count). The average molecular weight is 349 g/mol. The maximum Gasteiger partial charge on any atom is 0.262 e. The molecule has 0 aliphatic rings. The molecule has 26 heavy (non-hydrogen) atoms. The number of nitrogens with one attached hydrogen (secondary N) is 1. The smallest absolute Gasteiger partial charge is 0.262 e. The Balaban J connectivity index is 1.58. The Bertz CT molecular complexity index is 881. The number of rotatable bonds is 6. The van der Waals surface area contributed by atoms with Gasteiger partial charge in [-0.25, -0.2) is 9.97 Å². The van der Waals surface area contributed by atoms with E-state index in [1.807, 2.05) is 49.4 Å². The van der Waals surface area contributed by atoms with E-state index in [0.29, 0.717) is 23.0 Å². The second-order valence-corrected chi connectivity index (χ2v) is 5.65. The molecule has 132 valence electrons. The van der Waals surface area contributed by atoms with Crippen LogP contribution >= 0.6 is 0 Å². The molecule has 3 aromatic rings. The normalized spacial score (nSPS) is 10.2. The highest BCUT2D eigenvalue weighted by atomic mass is 16.5. The Morgan fingerprint density at radius 1 is 1.04 bits per heavy atom. The van der Waals surface area contributed by atoms with Gasteiger partial charge in [0.2, 0.25) is 0 Å². The summed E-state index contributed by atoms with van der Waals surface area (Å²) in [5.41, 5.74) is 2.48. The van der Waals surface area contributed by atoms with Crippen molar-refractivity contribution in [3.05, 3.63) is 66.5 Å². The molecular weight excluding hydrogens is 330 g/mol. The van der Waals surface area contributed by atoms with E-state index in [4.69, 9.17) is 9.47 Å². The van der Waals surface area contributed by atoms with Gasteiger partial charge in [0.15, 0.2) is 23.9 Å². The van der Waals surface area contributed by atoms with Gasteiger partial charge in [0.05, 0.1) is 25.2 Å². The van der Waals surface area contributed by atoms with Gasteiger partial charge in [-0.2, -0.15) is 0 Å². The number of carbonyl (C=O) groups is 1. The molecule has 0 spiro atoms. The molecule has 2 aromatic carbocycles. The van der Waals surface area contributed by atoms with Crippen LogP contribution in [0.2, 0.25) is 0 Å². The fourth-order valence-corrected chi connectivity index (χ4v) is 2.36. The second-order valence-electron chi connectivity index (χ2n) is 5.65. The zero-order valence-electron chi connectivity index (χ0n) is 14.6. The molecule has 0 atom stereocenters. The highest BCUT2D eigenvalue weighted by Crippen LogP contribution is 2.27. The molecule has 1 aromatic heterocycles. The summed E-state index contributed by atoms with van der Waals surface area (Å²) >= 11 is 0. The van der Waals surface area contributed by atoms with E-state index in [0.717, 1.165) is 11.1 Å². The lowest BCUT2D eigenvalue weighted by molar-refractivity contribution is -0.118. The highest BCUT2D eigenvalue weighted by Gasteiger charge is 2.09. The molecule has 0 saturated carbocycles. The molecule has 0 aliphatic heterocycles. The third-order valence-corrected chi connectivity index (χ3v) is 3.65. The molecule has 1 amide bonds. The topological polar surface area (TPSA) is 73.3 Å². The van der Waals surface area contributed by atoms with E-state index in [1.54, 1.807) is 25.6 Å². The predicted octanol–water partition coefficient (Wildman–Crippen LogP) is 3.48. The lowest BCUT2D eigenvalue weighted by Crippen LogP contribution is -2.20. The number of carbonyl (C=O) groups excluding carboxylic acids is 1. The van der Waals surface area contributed by atoms with Crippen LogP contribution in [-0.2, 0) is 4.79 Å². The van der Waals surface area contributed by atoms with Crippen LogP contribution in [0.3, 0.4) is 0 Å². The lowest BCUT2D eigenvalue weighted by atomic mass is 10.2. The maximum absolute atomic E-state index is 12.1. The molecule has 0 fully saturated rings. The predicted molar refractivity (Wildman–Crippen MR) is 99.3 cm³/mol. The number of hydrogen-bond donors (Lipinski definition) is 1. The van der Waals surface area contributed by atoms with E-state index < -0.39 is 0 Å². The molecule has 0 saturated heterocycles. The van der Waals surface area contributed by atoms with Crippen LogP contribution in [0.4, 0.5) is 5.69 Å². The van der Waals surface area contributed by atoms with Crippen molar-refractivity contribution in [1.29, 1.82) is 0 Å². The van der Waals surface area contributed by atoms with Crippen LogP contribution in [-0.4, -0.2) is 29.6 Å². The van der Waals surface area contributed by atoms with Crippen molar-refractivity contribution >= 4 is 11.6 Å². The van der Waals surface area contributed by atoms with Gasteiger partial charge in [-0.15, -0.1) is 0 Å². The summed E-state index contributed by atoms with van der Waals surface area (Å²) in [5, 5.41) is 2.71. The van der Waals surface area contributed by atoms with Crippen molar-refractivity contribution < 1.29 is 14.3 Å². The van der Waals surface area contributed by atoms with Gasteiger partial charge in [-0.3, -0.25) is 4.79 Å². The van der Waals surface area contributed by atoms with Gasteiger partial charge in [0.25, 0.3) is 5.91 Å². The van der Waals surface area contributed by atoms with Crippen molar-refractivity contribution in [2.45, 2.75) is 6.92 Å². The Morgan fingerprint density at radius 2 is 1.77 bits per heavy atom. The standard InChI is InChI=1S/C20H19N3O3/c1-14-8-9-17(18(10-14)25-2)26-13-19(24)23-16-11-21-20(22-12-16)15-6-4-3-5-7-15/h3-12H,13H2,1-2H3,(H,23,24). The number of methoxy groups -OCH3 is 1. The van der Waals surface area contributed by atoms with E-state index >= 15 is 0 Å². The van der Waals surface area contributed by atoms with E-state index in [9.17, 15) is 4.79 Å². The first-order valence-electron chi connectivity index (χ1n) is 8.10. The summed E-state index contributed by atoms with van der Waals surface area (Å²) in [6.45, 7) is 1.82. The minimum atomic E-state index is -0.302. The van der Waals surface area contributed by atoms with Gasteiger partial charge < -0.3 is 14.8 Å². The van der Waals surface area contributed by atoms with Crippen LogP contribution < -0.4 is 14.8 Å². The van der Waals surface area contributed by atoms with Crippen molar-refractivity contribution in [2.75, 3.05) is 19.0 Å². The van der Waals surface area contributed by atoms with Gasteiger partial charge in [0.1, 0.15) is 0 Å². The number of aromatic nitrogens is 2. The number of aryl methyl sites for hydroxylation is 1. The van der Waals surface area contributed by atoms with Gasteiger partial charge in [-0.1, -0.05) is 36.4 Å². The first kappa shape index (κ1) is 17.4. The molecule has 1 heterocycles. The fourth-order valence-electron chi connectivity index (χ4n) is 2.36. The highest BCUT2D eigenvalue weighted by molar-refractivity contribution is 5.91. The number of benzene rings is 2. The van der Waals surface area contributed by atoms with Crippen molar-refractivity contribution in [3.8, 4) is 22.9 Å². The van der Waals surface area contributed by atoms with Crippen LogP contribution in [0.5, 0.6) is 11.5 Å². The third kappa shape index (κ3) is 4.36. The third-order valence-electron chi connectivity index (χ3n) is 3.65. The van der Waals surface area contributed by atoms with E-state index in [1.165, 1.54) is 0 Å². The first-order chi connectivity index (χ1) is 12.7. The van der Waals surface area contributed by atoms with E-state index in [2.05, 4.69) is 15.3 Å². The molecular formula is C20H19N3O3. The average Bonchev–Trinajstić information content (AvgIpc) is 2.68. The lowest BCUT2D eigenvalue weighted by Gasteiger charge is -2.11. The second kappa shape index (κ2) is 8.11. The van der Waals surface area contributed by atoms with Crippen LogP contribution in [0.15, 0.2) is 60.9 Å². The van der Waals surface area contributed by atoms with Gasteiger partial charge >= 0.3 is 0 Å². The minimum absolute atomic E-state index is 0.139. The quantitative estimate of drug-likeness (QED) is 0.737. The molecule has 6 nitrogen and oxygen atoms in total. The summed E-state index contributed by atoms with van der Waals surface area (Å²) in [6, 6.07) is 15.2. The molecule has 6 heteroatoms. The summed E-state index contributed by atoms with van der Waals surface area (Å²) < 4.78 is 10.8. The molecule has 0 aliphatic carbocycles. The van der Waals surface area contributed by atoms with Crippen molar-refractivity contribution in [2.24, 2.45) is 0 Å². The van der Waals surface area contributed by atoms with Crippen LogP contribution in [0.25, 0.3) is 11.4 Å². The first-order valence-corrected chi connectivity index (χ1v) is 8.10. The Hall–Kier alpha value is -3.41. The number of nitrogens with zero attached hydrogens (tertiary/aromatic N) is 2. The maximum atomic E-state index is 12.1. The van der Waals surface area contributed by atoms with Gasteiger partial charge in [-0.05, 0) is 24.6 Å². The Morgan fingerprint density at radius 3 is 2.46 bits per heavy atom. The number of ether oxygens (including phenoxy) is 2. The molecule has 0 unspecified atom stereocenters. The van der Waals surface area contributed by atoms with E-state index in [-0.39, 0.29) is 12.5 Å². The van der Waals surface area contributed by atoms with Crippen molar-refractivity contribution in [1.82, 2.24) is 9.97 Å². The SMILES string of the molecule is COc1cc(C)ccc1OCC(=O)Nc1cnc(-c2ccccc2)nc1. The van der Waals surface area contributed by atoms with Gasteiger partial charge in [0, 0.05) is 5.56 Å². The summed E-state index contributed by atoms with van der Waals surface area (Å²) in [4.78, 5) is 20.6. The van der Waals surface area contributed by atoms with Crippen molar-refractivity contribution in [3.63, 3.8) is 0 Å². The largest absolute Gasteiger partial charge is 0.493 e. The zero-order chi connectivity index (χ0) is 18.4. The minimum Gasteiger partial charge on any atom is -0.493 e. The number of hydrogen-bond acceptors (Lipinski definition) is 5. The zero-order valence-corrected chi connectivity index (χ0v) is 14.6. The Kier molecular flexibility index (Phi) is 5.43.